The predicted octanol–water partition coefficient (Wildman–Crippen LogP) is 9.60. The summed E-state index contributed by atoms with van der Waals surface area (Å²) in [6.45, 7) is 2.44. The van der Waals surface area contributed by atoms with Crippen molar-refractivity contribution >= 4 is 46.4 Å². The molecule has 4 atom stereocenters. The van der Waals surface area contributed by atoms with Gasteiger partial charge in [0.1, 0.15) is 21.8 Å². The van der Waals surface area contributed by atoms with E-state index in [0.717, 1.165) is 42.7 Å². The summed E-state index contributed by atoms with van der Waals surface area (Å²) in [4.78, 5) is 7.28. The van der Waals surface area contributed by atoms with E-state index in [1.807, 2.05) is 0 Å². The Kier molecular flexibility index (Phi) is 12.0. The highest BCUT2D eigenvalue weighted by atomic mass is 35.5. The van der Waals surface area contributed by atoms with E-state index in [0.29, 0.717) is 5.75 Å². The van der Waals surface area contributed by atoms with Gasteiger partial charge in [-0.1, -0.05) is 72.4 Å². The van der Waals surface area contributed by atoms with Gasteiger partial charge in [-0.25, -0.2) is 9.97 Å². The molecule has 6 nitrogen and oxygen atoms in total. The molecule has 254 valence electrons. The zero-order valence-electron chi connectivity index (χ0n) is 24.5. The fraction of sp³-hybridized carbons (Fsp3) is 0.290. The number of phenolic OH excluding ortho intramolecular Hbond substituents is 1. The number of alkyl halides is 6. The van der Waals surface area contributed by atoms with Crippen LogP contribution in [0.3, 0.4) is 0 Å². The van der Waals surface area contributed by atoms with Crippen molar-refractivity contribution in [3.8, 4) is 11.5 Å². The molecule has 0 amide bonds. The Morgan fingerprint density at radius 3 is 1.38 bits per heavy atom. The molecule has 0 aliphatic heterocycles. The molecule has 0 saturated heterocycles. The first-order valence-corrected chi connectivity index (χ1v) is 14.8. The van der Waals surface area contributed by atoms with Crippen molar-refractivity contribution in [2.24, 2.45) is 0 Å². The monoisotopic (exact) mass is 744 g/mol. The summed E-state index contributed by atoms with van der Waals surface area (Å²) >= 11 is 23.3. The molecule has 0 saturated carbocycles. The maximum atomic E-state index is 13.8. The standard InChI is InChI=1S/C16H14Cl2F3NO2.C15H12Cl2F3NO2/c1-9(12-4-3-11(24-2)8-13(12)17)15(23,16(19,20)21)10-5-6-22-14(18)7-10;1-8(11-3-2-10(22)7-12(11)16)14(23,15(18,19)20)9-4-5-21-13(17)6-9/h3-9,23H,1-2H3;2-8,22-23H,1H3. The van der Waals surface area contributed by atoms with Crippen LogP contribution in [0.15, 0.2) is 73.1 Å². The average molecular weight is 746 g/mol. The van der Waals surface area contributed by atoms with Crippen LogP contribution in [0.1, 0.15) is 47.9 Å². The largest absolute Gasteiger partial charge is 0.508 e. The average Bonchev–Trinajstić information content (AvgIpc) is 2.98. The maximum Gasteiger partial charge on any atom is 0.422 e. The first-order chi connectivity index (χ1) is 21.7. The van der Waals surface area contributed by atoms with E-state index in [4.69, 9.17) is 51.1 Å². The minimum absolute atomic E-state index is 0.0391. The first-order valence-electron chi connectivity index (χ1n) is 13.3. The van der Waals surface area contributed by atoms with E-state index < -0.39 is 46.5 Å². The number of ether oxygens (including phenoxy) is 1. The summed E-state index contributed by atoms with van der Waals surface area (Å²) < 4.78 is 87.2. The van der Waals surface area contributed by atoms with E-state index >= 15 is 0 Å². The number of nitrogens with zero attached hydrogens (tertiary/aromatic N) is 2. The van der Waals surface area contributed by atoms with E-state index in [-0.39, 0.29) is 37.2 Å². The Hall–Kier alpha value is -3.00. The highest BCUT2D eigenvalue weighted by Crippen LogP contribution is 2.51. The molecular weight excluding hydrogens is 720 g/mol. The second-order valence-electron chi connectivity index (χ2n) is 10.3. The van der Waals surface area contributed by atoms with Crippen LogP contribution in [0.2, 0.25) is 20.4 Å². The lowest BCUT2D eigenvalue weighted by atomic mass is 9.78. The Balaban J connectivity index is 0.000000256. The molecule has 0 spiro atoms. The summed E-state index contributed by atoms with van der Waals surface area (Å²) in [7, 11) is 1.42. The fourth-order valence-electron chi connectivity index (χ4n) is 4.90. The Bertz CT molecular complexity index is 1710. The number of hydrogen-bond donors (Lipinski definition) is 3. The summed E-state index contributed by atoms with van der Waals surface area (Å²) in [5.41, 5.74) is -7.09. The van der Waals surface area contributed by atoms with Crippen molar-refractivity contribution in [3.05, 3.63) is 116 Å². The number of pyridine rings is 2. The summed E-state index contributed by atoms with van der Waals surface area (Å²) in [6, 6.07) is 11.9. The molecule has 4 aromatic rings. The lowest BCUT2D eigenvalue weighted by Crippen LogP contribution is -2.46. The van der Waals surface area contributed by atoms with Gasteiger partial charge in [0.25, 0.3) is 0 Å². The van der Waals surface area contributed by atoms with Crippen molar-refractivity contribution in [2.45, 2.75) is 49.2 Å². The summed E-state index contributed by atoms with van der Waals surface area (Å²) in [5, 5.41) is 30.1. The maximum absolute atomic E-state index is 13.8. The molecule has 3 N–H and O–H groups in total. The number of aromatic hydroxyl groups is 1. The van der Waals surface area contributed by atoms with Gasteiger partial charge in [-0.2, -0.15) is 26.3 Å². The van der Waals surface area contributed by atoms with Crippen LogP contribution in [0, 0.1) is 0 Å². The van der Waals surface area contributed by atoms with Gasteiger partial charge < -0.3 is 20.1 Å². The predicted molar refractivity (Wildman–Crippen MR) is 166 cm³/mol. The van der Waals surface area contributed by atoms with Gasteiger partial charge in [0.2, 0.25) is 0 Å². The van der Waals surface area contributed by atoms with Crippen molar-refractivity contribution < 1.29 is 46.4 Å². The number of benzene rings is 2. The van der Waals surface area contributed by atoms with Gasteiger partial charge in [0, 0.05) is 34.3 Å². The number of halogens is 10. The van der Waals surface area contributed by atoms with Crippen molar-refractivity contribution in [3.63, 3.8) is 0 Å². The van der Waals surface area contributed by atoms with Gasteiger partial charge in [0.05, 0.1) is 7.11 Å². The summed E-state index contributed by atoms with van der Waals surface area (Å²) in [5.74, 6) is -2.63. The van der Waals surface area contributed by atoms with Crippen molar-refractivity contribution in [1.29, 1.82) is 0 Å². The molecule has 0 aliphatic carbocycles. The molecule has 16 heteroatoms. The Morgan fingerprint density at radius 1 is 0.638 bits per heavy atom. The van der Waals surface area contributed by atoms with Crippen LogP contribution in [0.4, 0.5) is 26.3 Å². The van der Waals surface area contributed by atoms with E-state index in [9.17, 15) is 41.7 Å². The fourth-order valence-corrected chi connectivity index (χ4v) is 5.92. The molecular formula is C31H26Cl4F6N2O4. The SMILES string of the molecule is CC(c1ccc(O)cc1Cl)C(O)(c1ccnc(Cl)c1)C(F)(F)F.COc1ccc(C(C)C(O)(c2ccnc(Cl)c2)C(F)(F)F)c(Cl)c1. The number of phenols is 1. The van der Waals surface area contributed by atoms with E-state index in [2.05, 4.69) is 9.97 Å². The number of aliphatic hydroxyl groups is 2. The number of hydrogen-bond acceptors (Lipinski definition) is 6. The third kappa shape index (κ3) is 8.01. The Labute approximate surface area is 285 Å². The molecule has 4 unspecified atom stereocenters. The summed E-state index contributed by atoms with van der Waals surface area (Å²) in [6.07, 6.45) is -7.76. The van der Waals surface area contributed by atoms with Crippen LogP contribution < -0.4 is 4.74 Å². The van der Waals surface area contributed by atoms with E-state index in [1.54, 1.807) is 0 Å². The van der Waals surface area contributed by atoms with Crippen molar-refractivity contribution in [1.82, 2.24) is 9.97 Å². The van der Waals surface area contributed by atoms with Gasteiger partial charge >= 0.3 is 12.4 Å². The van der Waals surface area contributed by atoms with Crippen LogP contribution in [-0.2, 0) is 11.2 Å². The number of methoxy groups -OCH3 is 1. The van der Waals surface area contributed by atoms with Crippen LogP contribution in [-0.4, -0.2) is 44.7 Å². The molecule has 4 rings (SSSR count). The topological polar surface area (TPSA) is 95.7 Å². The zero-order valence-corrected chi connectivity index (χ0v) is 27.5. The van der Waals surface area contributed by atoms with Crippen LogP contribution >= 0.6 is 46.4 Å². The van der Waals surface area contributed by atoms with Crippen LogP contribution in [0.25, 0.3) is 0 Å². The molecule has 0 aliphatic rings. The third-order valence-electron chi connectivity index (χ3n) is 7.58. The normalized spacial score (nSPS) is 15.8. The highest BCUT2D eigenvalue weighted by molar-refractivity contribution is 6.32. The van der Waals surface area contributed by atoms with Crippen LogP contribution in [0.5, 0.6) is 11.5 Å². The lowest BCUT2D eigenvalue weighted by molar-refractivity contribution is -0.274. The van der Waals surface area contributed by atoms with Gasteiger partial charge in [0.15, 0.2) is 11.2 Å². The Morgan fingerprint density at radius 2 is 1.04 bits per heavy atom. The zero-order chi connectivity index (χ0) is 35.5. The van der Waals surface area contributed by atoms with Gasteiger partial charge in [-0.3, -0.25) is 0 Å². The van der Waals surface area contributed by atoms with Gasteiger partial charge in [-0.15, -0.1) is 0 Å². The molecule has 2 aromatic carbocycles. The van der Waals surface area contributed by atoms with E-state index in [1.165, 1.54) is 51.3 Å². The van der Waals surface area contributed by atoms with Crippen molar-refractivity contribution in [2.75, 3.05) is 7.11 Å². The first kappa shape index (κ1) is 38.4. The molecule has 0 bridgehead atoms. The molecule has 0 radical (unpaired) electrons. The minimum atomic E-state index is -4.99. The van der Waals surface area contributed by atoms with Gasteiger partial charge in [-0.05, 0) is 70.8 Å². The second kappa shape index (κ2) is 14.6. The minimum Gasteiger partial charge on any atom is -0.508 e. The molecule has 0 fully saturated rings. The number of aromatic nitrogens is 2. The second-order valence-corrected chi connectivity index (χ2v) is 11.9. The molecule has 2 aromatic heterocycles. The quantitative estimate of drug-likeness (QED) is 0.129. The highest BCUT2D eigenvalue weighted by Gasteiger charge is 2.60. The third-order valence-corrected chi connectivity index (χ3v) is 8.64. The number of rotatable bonds is 7. The smallest absolute Gasteiger partial charge is 0.422 e. The molecule has 47 heavy (non-hydrogen) atoms. The molecule has 2 heterocycles. The lowest BCUT2D eigenvalue weighted by Gasteiger charge is -2.37.